The first kappa shape index (κ1) is 18.6. The highest BCUT2D eigenvalue weighted by Gasteiger charge is 2.27. The fourth-order valence-electron chi connectivity index (χ4n) is 3.08. The largest absolute Gasteiger partial charge is 0.495 e. The monoisotopic (exact) mass is 418 g/mol. The van der Waals surface area contributed by atoms with Crippen LogP contribution in [0.5, 0.6) is 11.5 Å². The number of para-hydroxylation sites is 2. The van der Waals surface area contributed by atoms with Crippen LogP contribution in [0.1, 0.15) is 6.92 Å². The van der Waals surface area contributed by atoms with Crippen LogP contribution in [0.15, 0.2) is 53.0 Å². The maximum atomic E-state index is 12.7. The molecule has 2 aromatic carbocycles. The van der Waals surface area contributed by atoms with E-state index in [2.05, 4.69) is 26.9 Å². The smallest absolute Gasteiger partial charge is 0.263 e. The van der Waals surface area contributed by atoms with E-state index in [0.717, 1.165) is 29.0 Å². The van der Waals surface area contributed by atoms with E-state index in [0.29, 0.717) is 18.8 Å². The number of halogens is 1. The summed E-state index contributed by atoms with van der Waals surface area (Å²) in [5.41, 5.74) is 1.07. The minimum atomic E-state index is -0.506. The molecule has 0 N–H and O–H groups in total. The van der Waals surface area contributed by atoms with E-state index in [4.69, 9.17) is 9.47 Å². The lowest BCUT2D eigenvalue weighted by Gasteiger charge is -2.37. The summed E-state index contributed by atoms with van der Waals surface area (Å²) in [5, 5.41) is 0. The maximum absolute atomic E-state index is 12.7. The van der Waals surface area contributed by atoms with Gasteiger partial charge in [-0.15, -0.1) is 0 Å². The first-order valence-electron chi connectivity index (χ1n) is 8.67. The summed E-state index contributed by atoms with van der Waals surface area (Å²) in [6.45, 7) is 4.70. The van der Waals surface area contributed by atoms with Crippen molar-refractivity contribution < 1.29 is 14.3 Å². The minimum Gasteiger partial charge on any atom is -0.495 e. The highest BCUT2D eigenvalue weighted by molar-refractivity contribution is 9.10. The van der Waals surface area contributed by atoms with Crippen molar-refractivity contribution in [3.63, 3.8) is 0 Å². The molecule has 5 nitrogen and oxygen atoms in total. The molecular formula is C20H23BrN2O3. The quantitative estimate of drug-likeness (QED) is 0.743. The van der Waals surface area contributed by atoms with Gasteiger partial charge in [-0.1, -0.05) is 28.1 Å². The van der Waals surface area contributed by atoms with Gasteiger partial charge < -0.3 is 19.3 Å². The van der Waals surface area contributed by atoms with Crippen LogP contribution in [0.2, 0.25) is 0 Å². The normalized spacial score (nSPS) is 15.5. The van der Waals surface area contributed by atoms with Crippen LogP contribution in [0.25, 0.3) is 0 Å². The predicted molar refractivity (Wildman–Crippen MR) is 106 cm³/mol. The third-order valence-electron chi connectivity index (χ3n) is 4.49. The number of methoxy groups -OCH3 is 1. The lowest BCUT2D eigenvalue weighted by molar-refractivity contribution is -0.138. The van der Waals surface area contributed by atoms with E-state index in [1.165, 1.54) is 0 Å². The van der Waals surface area contributed by atoms with Crippen molar-refractivity contribution in [1.82, 2.24) is 4.90 Å². The molecule has 6 heteroatoms. The van der Waals surface area contributed by atoms with E-state index >= 15 is 0 Å². The van der Waals surface area contributed by atoms with E-state index in [1.54, 1.807) is 14.0 Å². The van der Waals surface area contributed by atoms with E-state index in [9.17, 15) is 4.79 Å². The van der Waals surface area contributed by atoms with Gasteiger partial charge in [-0.05, 0) is 43.3 Å². The summed E-state index contributed by atoms with van der Waals surface area (Å²) in [4.78, 5) is 16.8. The Morgan fingerprint density at radius 1 is 1.04 bits per heavy atom. The molecule has 1 unspecified atom stereocenters. The van der Waals surface area contributed by atoms with Gasteiger partial charge in [0, 0.05) is 30.7 Å². The molecule has 3 rings (SSSR count). The second kappa shape index (κ2) is 8.45. The van der Waals surface area contributed by atoms with Crippen LogP contribution in [0.3, 0.4) is 0 Å². The zero-order valence-electron chi connectivity index (χ0n) is 15.0. The molecule has 1 fully saturated rings. The topological polar surface area (TPSA) is 42.0 Å². The van der Waals surface area contributed by atoms with Crippen LogP contribution in [-0.4, -0.2) is 50.2 Å². The van der Waals surface area contributed by atoms with Crippen LogP contribution in [0, 0.1) is 0 Å². The summed E-state index contributed by atoms with van der Waals surface area (Å²) in [6.07, 6.45) is -0.506. The summed E-state index contributed by atoms with van der Waals surface area (Å²) >= 11 is 3.39. The Kier molecular flexibility index (Phi) is 6.04. The van der Waals surface area contributed by atoms with Gasteiger partial charge in [-0.2, -0.15) is 0 Å². The Labute approximate surface area is 162 Å². The van der Waals surface area contributed by atoms with Gasteiger partial charge in [0.1, 0.15) is 11.5 Å². The molecule has 1 amide bonds. The first-order valence-corrected chi connectivity index (χ1v) is 9.47. The number of piperazine rings is 1. The summed E-state index contributed by atoms with van der Waals surface area (Å²) in [7, 11) is 1.68. The molecule has 0 bridgehead atoms. The molecule has 0 aliphatic carbocycles. The third kappa shape index (κ3) is 4.30. The fraction of sp³-hybridized carbons (Fsp3) is 0.350. The van der Waals surface area contributed by atoms with Crippen molar-refractivity contribution in [2.75, 3.05) is 38.2 Å². The van der Waals surface area contributed by atoms with Crippen molar-refractivity contribution in [3.8, 4) is 11.5 Å². The number of hydrogen-bond donors (Lipinski definition) is 0. The van der Waals surface area contributed by atoms with E-state index in [-0.39, 0.29) is 5.91 Å². The summed E-state index contributed by atoms with van der Waals surface area (Å²) in [6, 6.07) is 15.5. The van der Waals surface area contributed by atoms with Gasteiger partial charge in [-0.3, -0.25) is 4.79 Å². The second-order valence-corrected chi connectivity index (χ2v) is 7.11. The maximum Gasteiger partial charge on any atom is 0.263 e. The lowest BCUT2D eigenvalue weighted by Crippen LogP contribution is -2.52. The van der Waals surface area contributed by atoms with Gasteiger partial charge in [0.25, 0.3) is 5.91 Å². The number of hydrogen-bond acceptors (Lipinski definition) is 4. The lowest BCUT2D eigenvalue weighted by atomic mass is 10.2. The van der Waals surface area contributed by atoms with Gasteiger partial charge in [0.05, 0.1) is 12.8 Å². The number of rotatable bonds is 5. The van der Waals surface area contributed by atoms with Crippen molar-refractivity contribution >= 4 is 27.5 Å². The van der Waals surface area contributed by atoms with Crippen LogP contribution >= 0.6 is 15.9 Å². The summed E-state index contributed by atoms with van der Waals surface area (Å²) in [5.74, 6) is 1.58. The summed E-state index contributed by atoms with van der Waals surface area (Å²) < 4.78 is 12.2. The molecule has 0 aromatic heterocycles. The second-order valence-electron chi connectivity index (χ2n) is 6.20. The Morgan fingerprint density at radius 2 is 1.69 bits per heavy atom. The van der Waals surface area contributed by atoms with Gasteiger partial charge in [0.2, 0.25) is 0 Å². The highest BCUT2D eigenvalue weighted by Crippen LogP contribution is 2.28. The van der Waals surface area contributed by atoms with E-state index in [1.807, 2.05) is 47.4 Å². The third-order valence-corrected chi connectivity index (χ3v) is 5.02. The van der Waals surface area contributed by atoms with Gasteiger partial charge >= 0.3 is 0 Å². The molecular weight excluding hydrogens is 396 g/mol. The number of nitrogens with zero attached hydrogens (tertiary/aromatic N) is 2. The molecule has 138 valence electrons. The van der Waals surface area contributed by atoms with Crippen molar-refractivity contribution in [2.24, 2.45) is 0 Å². The number of ether oxygens (including phenoxy) is 2. The average molecular weight is 419 g/mol. The molecule has 1 aliphatic heterocycles. The molecule has 0 spiro atoms. The molecule has 0 saturated carbocycles. The number of carbonyl (C=O) groups is 1. The van der Waals surface area contributed by atoms with Gasteiger partial charge in [0.15, 0.2) is 6.10 Å². The molecule has 0 radical (unpaired) electrons. The molecule has 2 aromatic rings. The number of anilines is 1. The van der Waals surface area contributed by atoms with Crippen LogP contribution in [0.4, 0.5) is 5.69 Å². The van der Waals surface area contributed by atoms with Crippen molar-refractivity contribution in [2.45, 2.75) is 13.0 Å². The van der Waals surface area contributed by atoms with Crippen LogP contribution in [-0.2, 0) is 4.79 Å². The van der Waals surface area contributed by atoms with Gasteiger partial charge in [-0.25, -0.2) is 0 Å². The Morgan fingerprint density at radius 3 is 2.35 bits per heavy atom. The van der Waals surface area contributed by atoms with Crippen molar-refractivity contribution in [3.05, 3.63) is 53.0 Å². The SMILES string of the molecule is COc1ccccc1N1CCN(C(=O)C(C)Oc2ccc(Br)cc2)CC1. The standard InChI is InChI=1S/C20H23BrN2O3/c1-15(26-17-9-7-16(21)8-10-17)20(24)23-13-11-22(12-14-23)18-5-3-4-6-19(18)25-2/h3-10,15H,11-14H2,1-2H3. The molecule has 1 heterocycles. The fourth-order valence-corrected chi connectivity index (χ4v) is 3.35. The zero-order valence-corrected chi connectivity index (χ0v) is 16.6. The van der Waals surface area contributed by atoms with E-state index < -0.39 is 6.10 Å². The van der Waals surface area contributed by atoms with Crippen molar-refractivity contribution in [1.29, 1.82) is 0 Å². The Bertz CT molecular complexity index is 743. The number of amides is 1. The number of benzene rings is 2. The zero-order chi connectivity index (χ0) is 18.5. The predicted octanol–water partition coefficient (Wildman–Crippen LogP) is 3.57. The molecule has 1 saturated heterocycles. The average Bonchev–Trinajstić information content (AvgIpc) is 2.69. The minimum absolute atomic E-state index is 0.0209. The Balaban J connectivity index is 1.57. The molecule has 1 atom stereocenters. The first-order chi connectivity index (χ1) is 12.6. The Hall–Kier alpha value is -2.21. The highest BCUT2D eigenvalue weighted by atomic mass is 79.9. The van der Waals surface area contributed by atoms with Crippen LogP contribution < -0.4 is 14.4 Å². The number of carbonyl (C=O) groups excluding carboxylic acids is 1. The molecule has 1 aliphatic rings. The molecule has 26 heavy (non-hydrogen) atoms.